The van der Waals surface area contributed by atoms with E-state index in [2.05, 4.69) is 15.3 Å². The number of anilines is 2. The molecular weight excluding hydrogens is 364 g/mol. The normalized spacial score (nSPS) is 10.8. The molecule has 3 rings (SSSR count). The SMILES string of the molecule is CCS(=O)(=O)c1ccccc1Oc1ccc(Nc2cnc(C#N)cn2)cc1. The lowest BCUT2D eigenvalue weighted by Gasteiger charge is -2.11. The highest BCUT2D eigenvalue weighted by Gasteiger charge is 2.17. The van der Waals surface area contributed by atoms with Crippen LogP contribution in [0.3, 0.4) is 0 Å². The molecule has 27 heavy (non-hydrogen) atoms. The molecule has 7 nitrogen and oxygen atoms in total. The molecule has 0 saturated heterocycles. The molecule has 8 heteroatoms. The lowest BCUT2D eigenvalue weighted by molar-refractivity contribution is 0.467. The molecule has 1 aromatic heterocycles. The monoisotopic (exact) mass is 380 g/mol. The highest BCUT2D eigenvalue weighted by atomic mass is 32.2. The summed E-state index contributed by atoms with van der Waals surface area (Å²) in [6, 6.07) is 15.4. The van der Waals surface area contributed by atoms with Crippen LogP contribution in [-0.4, -0.2) is 24.1 Å². The van der Waals surface area contributed by atoms with Crippen LogP contribution in [0, 0.1) is 11.3 Å². The van der Waals surface area contributed by atoms with E-state index in [9.17, 15) is 8.42 Å². The molecule has 0 unspecified atom stereocenters. The van der Waals surface area contributed by atoms with Crippen LogP contribution in [0.5, 0.6) is 11.5 Å². The first kappa shape index (κ1) is 18.4. The minimum absolute atomic E-state index is 0.00184. The maximum absolute atomic E-state index is 12.2. The third kappa shape index (κ3) is 4.40. The molecule has 0 spiro atoms. The van der Waals surface area contributed by atoms with Gasteiger partial charge in [0.2, 0.25) is 0 Å². The van der Waals surface area contributed by atoms with Crippen molar-refractivity contribution in [2.45, 2.75) is 11.8 Å². The fourth-order valence-corrected chi connectivity index (χ4v) is 3.29. The van der Waals surface area contributed by atoms with E-state index in [1.807, 2.05) is 6.07 Å². The van der Waals surface area contributed by atoms with Gasteiger partial charge >= 0.3 is 0 Å². The lowest BCUT2D eigenvalue weighted by Crippen LogP contribution is -2.05. The predicted molar refractivity (Wildman–Crippen MR) is 101 cm³/mol. The highest BCUT2D eigenvalue weighted by Crippen LogP contribution is 2.30. The largest absolute Gasteiger partial charge is 0.456 e. The number of aromatic nitrogens is 2. The summed E-state index contributed by atoms with van der Waals surface area (Å²) in [4.78, 5) is 8.20. The van der Waals surface area contributed by atoms with Gasteiger partial charge in [0.05, 0.1) is 18.1 Å². The van der Waals surface area contributed by atoms with Gasteiger partial charge in [-0.2, -0.15) is 5.26 Å². The first-order valence-electron chi connectivity index (χ1n) is 8.10. The summed E-state index contributed by atoms with van der Waals surface area (Å²) >= 11 is 0. The maximum atomic E-state index is 12.2. The molecule has 0 atom stereocenters. The van der Waals surface area contributed by atoms with Crippen molar-refractivity contribution in [2.75, 3.05) is 11.1 Å². The van der Waals surface area contributed by atoms with E-state index in [1.165, 1.54) is 18.5 Å². The Morgan fingerprint density at radius 3 is 2.44 bits per heavy atom. The summed E-state index contributed by atoms with van der Waals surface area (Å²) in [5, 5.41) is 11.8. The lowest BCUT2D eigenvalue weighted by atomic mass is 10.3. The van der Waals surface area contributed by atoms with Crippen molar-refractivity contribution in [3.05, 3.63) is 66.6 Å². The van der Waals surface area contributed by atoms with Crippen molar-refractivity contribution in [1.82, 2.24) is 9.97 Å². The van der Waals surface area contributed by atoms with Crippen LogP contribution in [0.25, 0.3) is 0 Å². The summed E-state index contributed by atoms with van der Waals surface area (Å²) in [6.45, 7) is 1.60. The maximum Gasteiger partial charge on any atom is 0.181 e. The number of ether oxygens (including phenoxy) is 1. The smallest absolute Gasteiger partial charge is 0.181 e. The number of benzene rings is 2. The van der Waals surface area contributed by atoms with Gasteiger partial charge in [-0.25, -0.2) is 18.4 Å². The molecular formula is C19H16N4O3S. The average molecular weight is 380 g/mol. The van der Waals surface area contributed by atoms with Crippen molar-refractivity contribution >= 4 is 21.3 Å². The Labute approximate surface area is 157 Å². The Morgan fingerprint density at radius 2 is 1.81 bits per heavy atom. The van der Waals surface area contributed by atoms with Crippen molar-refractivity contribution < 1.29 is 13.2 Å². The molecule has 136 valence electrons. The Hall–Kier alpha value is -3.44. The number of para-hydroxylation sites is 1. The van der Waals surface area contributed by atoms with Crippen LogP contribution in [-0.2, 0) is 9.84 Å². The zero-order valence-electron chi connectivity index (χ0n) is 14.5. The predicted octanol–water partition coefficient (Wildman–Crippen LogP) is 3.68. The molecule has 0 saturated carbocycles. The fraction of sp³-hybridized carbons (Fsp3) is 0.105. The highest BCUT2D eigenvalue weighted by molar-refractivity contribution is 7.91. The van der Waals surface area contributed by atoms with Gasteiger partial charge in [-0.1, -0.05) is 19.1 Å². The Kier molecular flexibility index (Phi) is 5.33. The van der Waals surface area contributed by atoms with Crippen LogP contribution in [0.2, 0.25) is 0 Å². The number of nitrogens with zero attached hydrogens (tertiary/aromatic N) is 3. The number of hydrogen-bond acceptors (Lipinski definition) is 7. The minimum Gasteiger partial charge on any atom is -0.456 e. The zero-order valence-corrected chi connectivity index (χ0v) is 15.3. The van der Waals surface area contributed by atoms with Crippen molar-refractivity contribution in [3.8, 4) is 17.6 Å². The van der Waals surface area contributed by atoms with Gasteiger partial charge in [0, 0.05) is 5.69 Å². The number of hydrogen-bond donors (Lipinski definition) is 1. The van der Waals surface area contributed by atoms with Gasteiger partial charge in [0.25, 0.3) is 0 Å². The molecule has 0 radical (unpaired) electrons. The Morgan fingerprint density at radius 1 is 1.07 bits per heavy atom. The second-order valence-electron chi connectivity index (χ2n) is 5.50. The molecule has 0 aliphatic carbocycles. The summed E-state index contributed by atoms with van der Waals surface area (Å²) in [5.41, 5.74) is 0.987. The molecule has 1 heterocycles. The summed E-state index contributed by atoms with van der Waals surface area (Å²) < 4.78 is 30.1. The molecule has 0 aliphatic rings. The average Bonchev–Trinajstić information content (AvgIpc) is 2.70. The molecule has 0 fully saturated rings. The zero-order chi connectivity index (χ0) is 19.3. The molecule has 2 aromatic carbocycles. The van der Waals surface area contributed by atoms with Gasteiger partial charge in [-0.3, -0.25) is 0 Å². The quantitative estimate of drug-likeness (QED) is 0.695. The second kappa shape index (κ2) is 7.85. The second-order valence-corrected chi connectivity index (χ2v) is 7.75. The fourth-order valence-electron chi connectivity index (χ4n) is 2.28. The molecule has 0 aliphatic heterocycles. The third-order valence-electron chi connectivity index (χ3n) is 3.69. The van der Waals surface area contributed by atoms with Gasteiger partial charge in [-0.15, -0.1) is 0 Å². The third-order valence-corrected chi connectivity index (χ3v) is 5.45. The van der Waals surface area contributed by atoms with Gasteiger partial charge < -0.3 is 10.1 Å². The van der Waals surface area contributed by atoms with Crippen LogP contribution < -0.4 is 10.1 Å². The van der Waals surface area contributed by atoms with Gasteiger partial charge in [-0.05, 0) is 36.4 Å². The van der Waals surface area contributed by atoms with E-state index in [-0.39, 0.29) is 22.1 Å². The number of nitriles is 1. The van der Waals surface area contributed by atoms with Crippen LogP contribution >= 0.6 is 0 Å². The number of rotatable bonds is 6. The minimum atomic E-state index is -3.38. The molecule has 0 amide bonds. The molecule has 1 N–H and O–H groups in total. The van der Waals surface area contributed by atoms with Crippen LogP contribution in [0.1, 0.15) is 12.6 Å². The van der Waals surface area contributed by atoms with Gasteiger partial charge in [0.15, 0.2) is 15.5 Å². The summed E-state index contributed by atoms with van der Waals surface area (Å²) in [6.07, 6.45) is 2.85. The van der Waals surface area contributed by atoms with E-state index in [0.29, 0.717) is 11.6 Å². The summed E-state index contributed by atoms with van der Waals surface area (Å²) in [7, 11) is -3.38. The van der Waals surface area contributed by atoms with Crippen molar-refractivity contribution in [3.63, 3.8) is 0 Å². The van der Waals surface area contributed by atoms with Gasteiger partial charge in [0.1, 0.15) is 28.3 Å². The topological polar surface area (TPSA) is 105 Å². The van der Waals surface area contributed by atoms with Crippen LogP contribution in [0.4, 0.5) is 11.5 Å². The van der Waals surface area contributed by atoms with Crippen molar-refractivity contribution in [1.29, 1.82) is 5.26 Å². The molecule has 0 bridgehead atoms. The first-order valence-corrected chi connectivity index (χ1v) is 9.76. The van der Waals surface area contributed by atoms with E-state index < -0.39 is 9.84 Å². The number of nitrogens with one attached hydrogen (secondary N) is 1. The van der Waals surface area contributed by atoms with E-state index in [0.717, 1.165) is 5.69 Å². The van der Waals surface area contributed by atoms with E-state index >= 15 is 0 Å². The Bertz CT molecular complexity index is 1070. The summed E-state index contributed by atoms with van der Waals surface area (Å²) in [5.74, 6) is 1.30. The molecule has 3 aromatic rings. The van der Waals surface area contributed by atoms with Crippen LogP contribution in [0.15, 0.2) is 65.8 Å². The standard InChI is InChI=1S/C19H16N4O3S/c1-2-27(24,25)18-6-4-3-5-17(18)26-16-9-7-14(8-10-16)23-19-13-21-15(11-20)12-22-19/h3-10,12-13H,2H2,1H3,(H,22,23). The number of sulfone groups is 1. The van der Waals surface area contributed by atoms with Crippen molar-refractivity contribution in [2.24, 2.45) is 0 Å². The Balaban J connectivity index is 1.76. The first-order chi connectivity index (χ1) is 13.0. The van der Waals surface area contributed by atoms with E-state index in [1.54, 1.807) is 49.4 Å². The van der Waals surface area contributed by atoms with E-state index in [4.69, 9.17) is 10.00 Å².